The minimum absolute atomic E-state index is 0.0311. The third kappa shape index (κ3) is 2.68. The summed E-state index contributed by atoms with van der Waals surface area (Å²) < 4.78 is 5.23. The Labute approximate surface area is 112 Å². The molecule has 1 aliphatic rings. The van der Waals surface area contributed by atoms with E-state index in [0.29, 0.717) is 6.61 Å². The fourth-order valence-corrected chi connectivity index (χ4v) is 2.38. The second-order valence-electron chi connectivity index (χ2n) is 4.96. The van der Waals surface area contributed by atoms with Crippen molar-refractivity contribution in [2.24, 2.45) is 5.41 Å². The number of carboxylic acids is 1. The number of rotatable bonds is 4. The van der Waals surface area contributed by atoms with Crippen molar-refractivity contribution in [3.05, 3.63) is 35.4 Å². The van der Waals surface area contributed by atoms with Crippen LogP contribution in [0.3, 0.4) is 0 Å². The molecule has 1 aromatic rings. The fraction of sp³-hybridized carbons (Fsp3) is 0.467. The van der Waals surface area contributed by atoms with Crippen LogP contribution in [0.1, 0.15) is 24.5 Å². The zero-order chi connectivity index (χ0) is 13.9. The molecule has 1 atom stereocenters. The van der Waals surface area contributed by atoms with E-state index < -0.39 is 11.4 Å². The molecule has 1 aliphatic heterocycles. The molecule has 0 aliphatic carbocycles. The number of aliphatic carboxylic acids is 1. The van der Waals surface area contributed by atoms with Gasteiger partial charge >= 0.3 is 5.97 Å². The first-order valence-electron chi connectivity index (χ1n) is 6.51. The smallest absolute Gasteiger partial charge is 0.319 e. The van der Waals surface area contributed by atoms with Crippen molar-refractivity contribution in [2.45, 2.75) is 26.2 Å². The van der Waals surface area contributed by atoms with E-state index >= 15 is 0 Å². The monoisotopic (exact) mass is 262 g/mol. The van der Waals surface area contributed by atoms with Crippen LogP contribution in [0.15, 0.2) is 24.3 Å². The van der Waals surface area contributed by atoms with Gasteiger partial charge in [0, 0.05) is 6.42 Å². The Morgan fingerprint density at radius 2 is 1.95 bits per heavy atom. The van der Waals surface area contributed by atoms with Gasteiger partial charge in [0.25, 0.3) is 0 Å². The van der Waals surface area contributed by atoms with E-state index in [1.165, 1.54) is 5.56 Å². The van der Waals surface area contributed by atoms with Crippen molar-refractivity contribution in [2.75, 3.05) is 13.2 Å². The van der Waals surface area contributed by atoms with E-state index in [9.17, 15) is 14.7 Å². The van der Waals surface area contributed by atoms with Crippen LogP contribution in [0.5, 0.6) is 0 Å². The van der Waals surface area contributed by atoms with Gasteiger partial charge in [0.15, 0.2) is 11.2 Å². The summed E-state index contributed by atoms with van der Waals surface area (Å²) in [6, 6.07) is 7.73. The number of Topliss-reactive ketones (excluding diaryl/α,β-unsaturated/α-hetero) is 1. The van der Waals surface area contributed by atoms with E-state index in [-0.39, 0.29) is 25.2 Å². The lowest BCUT2D eigenvalue weighted by molar-refractivity contribution is -0.164. The average Bonchev–Trinajstić information content (AvgIpc) is 2.42. The zero-order valence-corrected chi connectivity index (χ0v) is 11.0. The summed E-state index contributed by atoms with van der Waals surface area (Å²) >= 11 is 0. The van der Waals surface area contributed by atoms with Gasteiger partial charge in [0.2, 0.25) is 0 Å². The molecule has 1 N–H and O–H groups in total. The standard InChI is InChI=1S/C15H18O4/c1-2-11-3-5-12(6-4-11)9-15(14(17)18)10-19-8-7-13(15)16/h3-6H,2,7-10H2,1H3,(H,17,18). The molecular weight excluding hydrogens is 244 g/mol. The van der Waals surface area contributed by atoms with Crippen molar-refractivity contribution in [1.82, 2.24) is 0 Å². The molecule has 0 radical (unpaired) electrons. The van der Waals surface area contributed by atoms with Gasteiger partial charge in [-0.1, -0.05) is 31.2 Å². The van der Waals surface area contributed by atoms with Gasteiger partial charge in [-0.3, -0.25) is 9.59 Å². The number of ketones is 1. The molecule has 2 rings (SSSR count). The van der Waals surface area contributed by atoms with Gasteiger partial charge in [-0.2, -0.15) is 0 Å². The normalized spacial score (nSPS) is 23.3. The molecule has 1 aromatic carbocycles. The van der Waals surface area contributed by atoms with Crippen LogP contribution in [0.25, 0.3) is 0 Å². The number of hydrogen-bond donors (Lipinski definition) is 1. The van der Waals surface area contributed by atoms with Crippen LogP contribution in [0, 0.1) is 5.41 Å². The average molecular weight is 262 g/mol. The molecule has 1 unspecified atom stereocenters. The summed E-state index contributed by atoms with van der Waals surface area (Å²) in [6.45, 7) is 2.35. The molecule has 4 heteroatoms. The molecule has 0 bridgehead atoms. The van der Waals surface area contributed by atoms with Crippen LogP contribution in [0.4, 0.5) is 0 Å². The summed E-state index contributed by atoms with van der Waals surface area (Å²) in [5.74, 6) is -1.32. The SMILES string of the molecule is CCc1ccc(CC2(C(=O)O)COCCC2=O)cc1. The summed E-state index contributed by atoms with van der Waals surface area (Å²) in [7, 11) is 0. The summed E-state index contributed by atoms with van der Waals surface area (Å²) in [5.41, 5.74) is 0.643. The van der Waals surface area contributed by atoms with Crippen LogP contribution in [0.2, 0.25) is 0 Å². The van der Waals surface area contributed by atoms with Crippen LogP contribution in [-0.4, -0.2) is 30.1 Å². The highest BCUT2D eigenvalue weighted by Crippen LogP contribution is 2.30. The Morgan fingerprint density at radius 1 is 1.32 bits per heavy atom. The Balaban J connectivity index is 2.25. The second kappa shape index (κ2) is 5.53. The third-order valence-corrected chi connectivity index (χ3v) is 3.70. The minimum Gasteiger partial charge on any atom is -0.480 e. The first-order chi connectivity index (χ1) is 9.08. The number of carbonyl (C=O) groups is 2. The van der Waals surface area contributed by atoms with Crippen molar-refractivity contribution in [3.8, 4) is 0 Å². The van der Waals surface area contributed by atoms with Gasteiger partial charge in [-0.15, -0.1) is 0 Å². The lowest BCUT2D eigenvalue weighted by Gasteiger charge is -2.31. The molecule has 4 nitrogen and oxygen atoms in total. The van der Waals surface area contributed by atoms with Crippen LogP contribution >= 0.6 is 0 Å². The number of carbonyl (C=O) groups excluding carboxylic acids is 1. The highest BCUT2D eigenvalue weighted by atomic mass is 16.5. The predicted octanol–water partition coefficient (Wildman–Crippen LogP) is 1.85. The van der Waals surface area contributed by atoms with E-state index in [4.69, 9.17) is 4.74 Å². The summed E-state index contributed by atoms with van der Waals surface area (Å²) in [5, 5.41) is 9.42. The van der Waals surface area contributed by atoms with Gasteiger partial charge in [0.05, 0.1) is 13.2 Å². The Morgan fingerprint density at radius 3 is 2.47 bits per heavy atom. The van der Waals surface area contributed by atoms with E-state index in [0.717, 1.165) is 12.0 Å². The number of benzene rings is 1. The van der Waals surface area contributed by atoms with E-state index in [1.54, 1.807) is 0 Å². The topological polar surface area (TPSA) is 63.6 Å². The Hall–Kier alpha value is -1.68. The summed E-state index contributed by atoms with van der Waals surface area (Å²) in [4.78, 5) is 23.5. The number of aryl methyl sites for hydroxylation is 1. The van der Waals surface area contributed by atoms with Crippen molar-refractivity contribution < 1.29 is 19.4 Å². The molecule has 0 saturated carbocycles. The molecule has 19 heavy (non-hydrogen) atoms. The van der Waals surface area contributed by atoms with Crippen molar-refractivity contribution in [3.63, 3.8) is 0 Å². The van der Waals surface area contributed by atoms with E-state index in [2.05, 4.69) is 6.92 Å². The fourth-order valence-electron chi connectivity index (χ4n) is 2.38. The minimum atomic E-state index is -1.41. The third-order valence-electron chi connectivity index (χ3n) is 3.70. The number of hydrogen-bond acceptors (Lipinski definition) is 3. The maximum absolute atomic E-state index is 12.0. The first kappa shape index (κ1) is 13.7. The lowest BCUT2D eigenvalue weighted by atomic mass is 9.76. The molecular formula is C15H18O4. The van der Waals surface area contributed by atoms with Crippen LogP contribution < -0.4 is 0 Å². The van der Waals surface area contributed by atoms with Crippen molar-refractivity contribution >= 4 is 11.8 Å². The zero-order valence-electron chi connectivity index (χ0n) is 11.0. The highest BCUT2D eigenvalue weighted by Gasteiger charge is 2.47. The van der Waals surface area contributed by atoms with Gasteiger partial charge < -0.3 is 9.84 Å². The maximum atomic E-state index is 12.0. The Bertz CT molecular complexity index is 477. The van der Waals surface area contributed by atoms with Crippen LogP contribution in [-0.2, 0) is 27.2 Å². The summed E-state index contributed by atoms with van der Waals surface area (Å²) in [6.07, 6.45) is 1.32. The molecule has 0 amide bonds. The molecule has 0 aromatic heterocycles. The number of ether oxygens (including phenoxy) is 1. The van der Waals surface area contributed by atoms with Gasteiger partial charge in [0.1, 0.15) is 0 Å². The van der Waals surface area contributed by atoms with Gasteiger partial charge in [-0.05, 0) is 24.0 Å². The maximum Gasteiger partial charge on any atom is 0.319 e. The number of carboxylic acid groups (broad SMARTS) is 1. The quantitative estimate of drug-likeness (QED) is 0.841. The highest BCUT2D eigenvalue weighted by molar-refractivity contribution is 6.04. The lowest BCUT2D eigenvalue weighted by Crippen LogP contribution is -2.48. The molecule has 0 spiro atoms. The molecule has 1 fully saturated rings. The van der Waals surface area contributed by atoms with Gasteiger partial charge in [-0.25, -0.2) is 0 Å². The van der Waals surface area contributed by atoms with Crippen molar-refractivity contribution in [1.29, 1.82) is 0 Å². The molecule has 1 heterocycles. The predicted molar refractivity (Wildman–Crippen MR) is 70.0 cm³/mol. The molecule has 1 saturated heterocycles. The first-order valence-corrected chi connectivity index (χ1v) is 6.51. The Kier molecular flexibility index (Phi) is 4.00. The van der Waals surface area contributed by atoms with E-state index in [1.807, 2.05) is 24.3 Å². The molecule has 102 valence electrons. The second-order valence-corrected chi connectivity index (χ2v) is 4.96. The largest absolute Gasteiger partial charge is 0.480 e.